The molecular formula is C29H21FN2. The molecule has 0 bridgehead atoms. The Morgan fingerprint density at radius 3 is 1.78 bits per heavy atom. The van der Waals surface area contributed by atoms with Crippen molar-refractivity contribution in [1.29, 1.82) is 0 Å². The summed E-state index contributed by atoms with van der Waals surface area (Å²) in [5, 5.41) is 0. The Labute approximate surface area is 187 Å². The fourth-order valence-electron chi connectivity index (χ4n) is 3.83. The van der Waals surface area contributed by atoms with E-state index in [1.54, 1.807) is 12.1 Å². The van der Waals surface area contributed by atoms with Crippen molar-refractivity contribution in [3.8, 4) is 33.6 Å². The average molecular weight is 416 g/mol. The molecule has 3 heteroatoms. The smallest absolute Gasteiger partial charge is 0.123 e. The lowest BCUT2D eigenvalue weighted by Crippen LogP contribution is -1.91. The maximum absolute atomic E-state index is 13.2. The van der Waals surface area contributed by atoms with Gasteiger partial charge in [0.05, 0.1) is 11.4 Å². The first-order valence-electron chi connectivity index (χ1n) is 10.6. The standard InChI is InChI=1S/C29H21FN2/c30-27-13-10-23(11-14-27)26-12-15-29(32-20-26)25-8-4-6-22(19-25)17-21-5-3-7-24(18-21)28-9-1-2-16-31-28/h1-16,18-20H,17H2. The Kier molecular flexibility index (Phi) is 5.54. The van der Waals surface area contributed by atoms with Gasteiger partial charge in [-0.05, 0) is 65.6 Å². The minimum Gasteiger partial charge on any atom is -0.256 e. The fraction of sp³-hybridized carbons (Fsp3) is 0.0345. The molecule has 0 radical (unpaired) electrons. The van der Waals surface area contributed by atoms with Gasteiger partial charge < -0.3 is 0 Å². The Hall–Kier alpha value is -4.11. The number of nitrogens with zero attached hydrogens (tertiary/aromatic N) is 2. The summed E-state index contributed by atoms with van der Waals surface area (Å²) in [5.41, 5.74) is 8.48. The van der Waals surface area contributed by atoms with E-state index in [4.69, 9.17) is 0 Å². The van der Waals surface area contributed by atoms with E-state index in [2.05, 4.69) is 58.5 Å². The normalized spacial score (nSPS) is 10.8. The average Bonchev–Trinajstić information content (AvgIpc) is 2.86. The van der Waals surface area contributed by atoms with Crippen LogP contribution in [0.4, 0.5) is 4.39 Å². The van der Waals surface area contributed by atoms with Gasteiger partial charge in [0.2, 0.25) is 0 Å². The molecule has 0 saturated heterocycles. The SMILES string of the molecule is Fc1ccc(-c2ccc(-c3cccc(Cc4cccc(-c5ccccn5)c4)c3)nc2)cc1. The van der Waals surface area contributed by atoms with Crippen LogP contribution in [0.5, 0.6) is 0 Å². The van der Waals surface area contributed by atoms with Gasteiger partial charge in [0, 0.05) is 29.1 Å². The first kappa shape index (κ1) is 19.8. The summed E-state index contributed by atoms with van der Waals surface area (Å²) in [6.45, 7) is 0. The van der Waals surface area contributed by atoms with Crippen LogP contribution >= 0.6 is 0 Å². The fourth-order valence-corrected chi connectivity index (χ4v) is 3.83. The minimum atomic E-state index is -0.235. The number of hydrogen-bond acceptors (Lipinski definition) is 2. The van der Waals surface area contributed by atoms with Crippen LogP contribution in [0.25, 0.3) is 33.6 Å². The van der Waals surface area contributed by atoms with Crippen LogP contribution in [-0.4, -0.2) is 9.97 Å². The highest BCUT2D eigenvalue weighted by atomic mass is 19.1. The van der Waals surface area contributed by atoms with Crippen LogP contribution in [0, 0.1) is 5.82 Å². The third-order valence-electron chi connectivity index (χ3n) is 5.46. The molecule has 3 aromatic carbocycles. The van der Waals surface area contributed by atoms with Crippen LogP contribution in [0.3, 0.4) is 0 Å². The zero-order valence-electron chi connectivity index (χ0n) is 17.4. The van der Waals surface area contributed by atoms with Crippen LogP contribution in [0.1, 0.15) is 11.1 Å². The molecular weight excluding hydrogens is 395 g/mol. The minimum absolute atomic E-state index is 0.235. The van der Waals surface area contributed by atoms with Gasteiger partial charge in [-0.2, -0.15) is 0 Å². The van der Waals surface area contributed by atoms with Crippen LogP contribution in [-0.2, 0) is 6.42 Å². The molecule has 2 aromatic heterocycles. The van der Waals surface area contributed by atoms with Crippen molar-refractivity contribution >= 4 is 0 Å². The molecule has 0 unspecified atom stereocenters. The van der Waals surface area contributed by atoms with E-state index in [0.717, 1.165) is 40.1 Å². The van der Waals surface area contributed by atoms with E-state index in [0.29, 0.717) is 0 Å². The van der Waals surface area contributed by atoms with Gasteiger partial charge in [-0.15, -0.1) is 0 Å². The first-order chi connectivity index (χ1) is 15.7. The Bertz CT molecular complexity index is 1330. The third kappa shape index (κ3) is 4.47. The summed E-state index contributed by atoms with van der Waals surface area (Å²) in [7, 11) is 0. The molecule has 2 nitrogen and oxygen atoms in total. The maximum atomic E-state index is 13.2. The number of hydrogen-bond donors (Lipinski definition) is 0. The van der Waals surface area contributed by atoms with Crippen LogP contribution in [0.2, 0.25) is 0 Å². The van der Waals surface area contributed by atoms with Crippen molar-refractivity contribution < 1.29 is 4.39 Å². The van der Waals surface area contributed by atoms with E-state index >= 15 is 0 Å². The maximum Gasteiger partial charge on any atom is 0.123 e. The van der Waals surface area contributed by atoms with Gasteiger partial charge in [-0.3, -0.25) is 9.97 Å². The number of halogens is 1. The highest BCUT2D eigenvalue weighted by molar-refractivity contribution is 5.67. The molecule has 0 spiro atoms. The molecule has 5 aromatic rings. The molecule has 0 aliphatic rings. The lowest BCUT2D eigenvalue weighted by atomic mass is 9.99. The number of pyridine rings is 2. The molecule has 0 aliphatic heterocycles. The molecule has 2 heterocycles. The van der Waals surface area contributed by atoms with Crippen LogP contribution in [0.15, 0.2) is 116 Å². The second-order valence-corrected chi connectivity index (χ2v) is 7.73. The number of aromatic nitrogens is 2. The molecule has 0 amide bonds. The molecule has 0 fully saturated rings. The third-order valence-corrected chi connectivity index (χ3v) is 5.46. The molecule has 0 aliphatic carbocycles. The second-order valence-electron chi connectivity index (χ2n) is 7.73. The van der Waals surface area contributed by atoms with E-state index < -0.39 is 0 Å². The van der Waals surface area contributed by atoms with Crippen molar-refractivity contribution in [1.82, 2.24) is 9.97 Å². The number of rotatable bonds is 5. The lowest BCUT2D eigenvalue weighted by Gasteiger charge is -2.08. The summed E-state index contributed by atoms with van der Waals surface area (Å²) in [6.07, 6.45) is 4.49. The van der Waals surface area contributed by atoms with E-state index in [9.17, 15) is 4.39 Å². The molecule has 0 atom stereocenters. The van der Waals surface area contributed by atoms with E-state index in [-0.39, 0.29) is 5.82 Å². The molecule has 0 saturated carbocycles. The van der Waals surface area contributed by atoms with Crippen molar-refractivity contribution in [3.63, 3.8) is 0 Å². The summed E-state index contributed by atoms with van der Waals surface area (Å²) >= 11 is 0. The van der Waals surface area contributed by atoms with Gasteiger partial charge in [0.15, 0.2) is 0 Å². The van der Waals surface area contributed by atoms with Crippen molar-refractivity contribution in [2.45, 2.75) is 6.42 Å². The Morgan fingerprint density at radius 1 is 0.531 bits per heavy atom. The zero-order valence-corrected chi connectivity index (χ0v) is 17.4. The monoisotopic (exact) mass is 416 g/mol. The van der Waals surface area contributed by atoms with Crippen molar-refractivity contribution in [3.05, 3.63) is 132 Å². The predicted octanol–water partition coefficient (Wildman–Crippen LogP) is 7.21. The predicted molar refractivity (Wildman–Crippen MR) is 128 cm³/mol. The lowest BCUT2D eigenvalue weighted by molar-refractivity contribution is 0.628. The van der Waals surface area contributed by atoms with Gasteiger partial charge in [0.1, 0.15) is 5.82 Å². The highest BCUT2D eigenvalue weighted by Crippen LogP contribution is 2.25. The van der Waals surface area contributed by atoms with Crippen molar-refractivity contribution in [2.75, 3.05) is 0 Å². The van der Waals surface area contributed by atoms with Gasteiger partial charge in [-0.1, -0.05) is 60.7 Å². The van der Waals surface area contributed by atoms with Crippen molar-refractivity contribution in [2.24, 2.45) is 0 Å². The van der Waals surface area contributed by atoms with Gasteiger partial charge >= 0.3 is 0 Å². The highest BCUT2D eigenvalue weighted by Gasteiger charge is 2.05. The van der Waals surface area contributed by atoms with E-state index in [1.165, 1.54) is 23.3 Å². The Balaban J connectivity index is 1.37. The first-order valence-corrected chi connectivity index (χ1v) is 10.6. The number of benzene rings is 3. The van der Waals surface area contributed by atoms with E-state index in [1.807, 2.05) is 42.7 Å². The summed E-state index contributed by atoms with van der Waals surface area (Å²) in [5.74, 6) is -0.235. The molecule has 32 heavy (non-hydrogen) atoms. The molecule has 154 valence electrons. The van der Waals surface area contributed by atoms with Crippen LogP contribution < -0.4 is 0 Å². The zero-order chi connectivity index (χ0) is 21.8. The van der Waals surface area contributed by atoms with Gasteiger partial charge in [0.25, 0.3) is 0 Å². The molecule has 0 N–H and O–H groups in total. The quantitative estimate of drug-likeness (QED) is 0.303. The topological polar surface area (TPSA) is 25.8 Å². The molecule has 5 rings (SSSR count). The Morgan fingerprint density at radius 2 is 1.19 bits per heavy atom. The summed E-state index contributed by atoms with van der Waals surface area (Å²) in [6, 6.07) is 33.5. The summed E-state index contributed by atoms with van der Waals surface area (Å²) < 4.78 is 13.2. The second kappa shape index (κ2) is 8.94. The summed E-state index contributed by atoms with van der Waals surface area (Å²) in [4.78, 5) is 9.10. The van der Waals surface area contributed by atoms with Gasteiger partial charge in [-0.25, -0.2) is 4.39 Å². The largest absolute Gasteiger partial charge is 0.256 e.